The SMILES string of the molecule is C#CCC.C=C(/C=C(/C)NC)/C(C)=C(\C)Oc1ccnc2cc(OCCC(=O)N3CCC(C)(COC)CC3)c(OC)cc12.CCC(C)(C)CO. The topological polar surface area (TPSA) is 102 Å². The number of aliphatic hydroxyl groups excluding tert-OH is 1. The van der Waals surface area contributed by atoms with Crippen LogP contribution in [0, 0.1) is 23.2 Å². The largest absolute Gasteiger partial charge is 0.493 e. The van der Waals surface area contributed by atoms with Crippen LogP contribution in [0.2, 0.25) is 0 Å². The molecule has 0 bridgehead atoms. The molecule has 1 aliphatic heterocycles. The molecular weight excluding hydrogens is 630 g/mol. The van der Waals surface area contributed by atoms with Gasteiger partial charge in [0.1, 0.15) is 11.5 Å². The zero-order valence-corrected chi connectivity index (χ0v) is 32.6. The zero-order valence-electron chi connectivity index (χ0n) is 32.6. The highest BCUT2D eigenvalue weighted by atomic mass is 16.5. The van der Waals surface area contributed by atoms with Gasteiger partial charge in [-0.15, -0.1) is 12.3 Å². The quantitative estimate of drug-likeness (QED) is 0.116. The smallest absolute Gasteiger partial charge is 0.225 e. The van der Waals surface area contributed by atoms with Gasteiger partial charge in [0.25, 0.3) is 0 Å². The number of nitrogens with zero attached hydrogens (tertiary/aromatic N) is 2. The number of hydrogen-bond donors (Lipinski definition) is 2. The highest BCUT2D eigenvalue weighted by molar-refractivity contribution is 5.88. The van der Waals surface area contributed by atoms with Crippen molar-refractivity contribution in [3.8, 4) is 29.6 Å². The van der Waals surface area contributed by atoms with E-state index < -0.39 is 0 Å². The van der Waals surface area contributed by atoms with Gasteiger partial charge in [-0.1, -0.05) is 41.2 Å². The fourth-order valence-electron chi connectivity index (χ4n) is 4.71. The van der Waals surface area contributed by atoms with E-state index in [4.69, 9.17) is 30.5 Å². The van der Waals surface area contributed by atoms with Gasteiger partial charge in [0.15, 0.2) is 11.5 Å². The van der Waals surface area contributed by atoms with Gasteiger partial charge in [-0.25, -0.2) is 0 Å². The number of ether oxygens (including phenoxy) is 4. The first kappa shape index (κ1) is 44.0. The molecule has 3 rings (SSSR count). The van der Waals surface area contributed by atoms with E-state index in [1.165, 1.54) is 0 Å². The molecule has 2 heterocycles. The Bertz CT molecular complexity index is 1470. The number of carbonyl (C=O) groups excluding carboxylic acids is 1. The van der Waals surface area contributed by atoms with Crippen LogP contribution in [0.15, 0.2) is 59.7 Å². The number of aromatic nitrogens is 1. The van der Waals surface area contributed by atoms with Crippen molar-refractivity contribution in [3.63, 3.8) is 0 Å². The standard InChI is InChI=1S/C31H43N3O5.C6H14O.C4H6/c1-21(17-22(2)32-6)23(3)24(4)39-27-9-13-33-26-19-29(28(37-8)18-25(26)27)38-16-10-30(35)34-14-11-31(5,12-15-34)20-36-7;1-4-6(2,3)5-7;1-3-4-2/h9,13,17-19,32H,1,10-12,14-16,20H2,2-8H3;7H,4-5H2,1-3H3;1H,4H2,2H3/b22-17-,24-23+;;. The first-order valence-corrected chi connectivity index (χ1v) is 17.5. The summed E-state index contributed by atoms with van der Waals surface area (Å²) in [4.78, 5) is 19.2. The second-order valence-corrected chi connectivity index (χ2v) is 13.7. The average Bonchev–Trinajstić information content (AvgIpc) is 3.11. The summed E-state index contributed by atoms with van der Waals surface area (Å²) in [6.07, 6.45) is 12.5. The Kier molecular flexibility index (Phi) is 19.3. The van der Waals surface area contributed by atoms with Gasteiger partial charge >= 0.3 is 0 Å². The predicted molar refractivity (Wildman–Crippen MR) is 205 cm³/mol. The Labute approximate surface area is 302 Å². The summed E-state index contributed by atoms with van der Waals surface area (Å²) in [7, 11) is 5.20. The average molecular weight is 694 g/mol. The second-order valence-electron chi connectivity index (χ2n) is 13.7. The van der Waals surface area contributed by atoms with Crippen LogP contribution in [0.25, 0.3) is 10.9 Å². The van der Waals surface area contributed by atoms with Crippen LogP contribution in [0.3, 0.4) is 0 Å². The predicted octanol–water partition coefficient (Wildman–Crippen LogP) is 8.08. The summed E-state index contributed by atoms with van der Waals surface area (Å²) in [6, 6.07) is 5.51. The summed E-state index contributed by atoms with van der Waals surface area (Å²) in [5, 5.41) is 12.5. The molecule has 9 heteroatoms. The molecule has 0 spiro atoms. The first-order valence-electron chi connectivity index (χ1n) is 17.5. The van der Waals surface area contributed by atoms with Crippen LogP contribution in [0.5, 0.6) is 17.2 Å². The van der Waals surface area contributed by atoms with Gasteiger partial charge in [0, 0.05) is 63.6 Å². The molecule has 0 saturated carbocycles. The molecule has 1 saturated heterocycles. The van der Waals surface area contributed by atoms with Crippen LogP contribution in [0.1, 0.15) is 87.5 Å². The van der Waals surface area contributed by atoms with E-state index >= 15 is 0 Å². The lowest BCUT2D eigenvalue weighted by molar-refractivity contribution is -0.134. The number of rotatable bonds is 14. The Morgan fingerprint density at radius 3 is 2.30 bits per heavy atom. The van der Waals surface area contributed by atoms with Crippen molar-refractivity contribution >= 4 is 16.8 Å². The highest BCUT2D eigenvalue weighted by Crippen LogP contribution is 2.37. The molecule has 9 nitrogen and oxygen atoms in total. The fraction of sp³-hybridized carbons (Fsp3) is 0.561. The molecule has 1 amide bonds. The fourth-order valence-corrected chi connectivity index (χ4v) is 4.71. The van der Waals surface area contributed by atoms with Crippen molar-refractivity contribution in [2.45, 2.75) is 87.5 Å². The molecule has 2 N–H and O–H groups in total. The van der Waals surface area contributed by atoms with Crippen molar-refractivity contribution in [2.24, 2.45) is 10.8 Å². The number of terminal acetylenes is 1. The summed E-state index contributed by atoms with van der Waals surface area (Å²) in [5.41, 5.74) is 3.82. The monoisotopic (exact) mass is 693 g/mol. The highest BCUT2D eigenvalue weighted by Gasteiger charge is 2.31. The van der Waals surface area contributed by atoms with Crippen LogP contribution in [-0.4, -0.2) is 75.1 Å². The third kappa shape index (κ3) is 14.5. The minimum atomic E-state index is 0.0991. The lowest BCUT2D eigenvalue weighted by Crippen LogP contribution is -2.44. The van der Waals surface area contributed by atoms with Crippen molar-refractivity contribution in [2.75, 3.05) is 54.2 Å². The molecule has 0 radical (unpaired) electrons. The molecule has 0 aliphatic carbocycles. The number of allylic oxidation sites excluding steroid dienone is 5. The lowest BCUT2D eigenvalue weighted by atomic mass is 9.81. The van der Waals surface area contributed by atoms with Gasteiger partial charge in [0.2, 0.25) is 5.91 Å². The van der Waals surface area contributed by atoms with Gasteiger partial charge < -0.3 is 34.3 Å². The molecule has 1 fully saturated rings. The number of pyridine rings is 1. The van der Waals surface area contributed by atoms with Gasteiger partial charge in [-0.3, -0.25) is 9.78 Å². The molecule has 2 aromatic rings. The van der Waals surface area contributed by atoms with Crippen molar-refractivity contribution in [1.29, 1.82) is 0 Å². The van der Waals surface area contributed by atoms with Gasteiger partial charge in [0.05, 0.1) is 32.3 Å². The number of hydrogen-bond acceptors (Lipinski definition) is 8. The number of likely N-dealkylation sites (tertiary alicyclic amines) is 1. The van der Waals surface area contributed by atoms with E-state index in [1.807, 2.05) is 77.8 Å². The second kappa shape index (κ2) is 22.0. The van der Waals surface area contributed by atoms with Crippen molar-refractivity contribution < 1.29 is 28.8 Å². The molecule has 0 unspecified atom stereocenters. The Morgan fingerprint density at radius 2 is 1.80 bits per heavy atom. The molecule has 1 aliphatic rings. The maximum atomic E-state index is 12.8. The van der Waals surface area contributed by atoms with E-state index in [1.54, 1.807) is 20.4 Å². The number of nitrogens with one attached hydrogen (secondary N) is 1. The minimum Gasteiger partial charge on any atom is -0.493 e. The Hall–Kier alpha value is -4.00. The maximum Gasteiger partial charge on any atom is 0.225 e. The summed E-state index contributed by atoms with van der Waals surface area (Å²) in [6.45, 7) is 23.1. The van der Waals surface area contributed by atoms with Gasteiger partial charge in [-0.05, 0) is 80.2 Å². The molecule has 1 aromatic carbocycles. The van der Waals surface area contributed by atoms with E-state index in [2.05, 4.69) is 36.6 Å². The van der Waals surface area contributed by atoms with E-state index in [9.17, 15) is 4.79 Å². The Morgan fingerprint density at radius 1 is 1.16 bits per heavy atom. The number of aliphatic hydroxyl groups is 1. The third-order valence-electron chi connectivity index (χ3n) is 9.02. The number of methoxy groups -OCH3 is 2. The summed E-state index contributed by atoms with van der Waals surface area (Å²) >= 11 is 0. The molecular formula is C41H63N3O6. The number of fused-ring (bicyclic) bond motifs is 1. The molecule has 0 atom stereocenters. The van der Waals surface area contributed by atoms with E-state index in [0.29, 0.717) is 35.8 Å². The minimum absolute atomic E-state index is 0.0991. The zero-order chi connectivity index (χ0) is 37.9. The lowest BCUT2D eigenvalue weighted by Gasteiger charge is -2.39. The van der Waals surface area contributed by atoms with E-state index in [-0.39, 0.29) is 23.3 Å². The van der Waals surface area contributed by atoms with Crippen LogP contribution in [-0.2, 0) is 9.53 Å². The number of benzene rings is 1. The third-order valence-corrected chi connectivity index (χ3v) is 9.02. The Balaban J connectivity index is 0.000000983. The summed E-state index contributed by atoms with van der Waals surface area (Å²) in [5.74, 6) is 5.02. The van der Waals surface area contributed by atoms with Crippen LogP contribution >= 0.6 is 0 Å². The van der Waals surface area contributed by atoms with Crippen molar-refractivity contribution in [1.82, 2.24) is 15.2 Å². The first-order chi connectivity index (χ1) is 23.6. The van der Waals surface area contributed by atoms with E-state index in [0.717, 1.165) is 73.4 Å². The summed E-state index contributed by atoms with van der Waals surface area (Å²) < 4.78 is 23.2. The molecule has 50 heavy (non-hydrogen) atoms. The number of carbonyl (C=O) groups is 1. The molecule has 278 valence electrons. The normalized spacial score (nSPS) is 14.5. The van der Waals surface area contributed by atoms with Gasteiger partial charge in [-0.2, -0.15) is 0 Å². The van der Waals surface area contributed by atoms with Crippen molar-refractivity contribution in [3.05, 3.63) is 59.7 Å². The van der Waals surface area contributed by atoms with Crippen LogP contribution < -0.4 is 19.5 Å². The maximum absolute atomic E-state index is 12.8. The number of amides is 1. The number of piperidine rings is 1. The molecule has 1 aromatic heterocycles. The van der Waals surface area contributed by atoms with Crippen LogP contribution in [0.4, 0.5) is 0 Å².